The average Bonchev–Trinajstić information content (AvgIpc) is 3.38. The number of amides is 1. The number of nitrogens with one attached hydrogen (secondary N) is 1. The second-order valence-corrected chi connectivity index (χ2v) is 6.09. The molecule has 1 amide bonds. The van der Waals surface area contributed by atoms with Crippen LogP contribution < -0.4 is 5.32 Å². The van der Waals surface area contributed by atoms with Crippen LogP contribution in [0.2, 0.25) is 0 Å². The maximum Gasteiger partial charge on any atom is 0.251 e. The Balaban J connectivity index is 1.59. The van der Waals surface area contributed by atoms with Crippen molar-refractivity contribution in [3.63, 3.8) is 0 Å². The van der Waals surface area contributed by atoms with Gasteiger partial charge in [0, 0.05) is 17.7 Å². The monoisotopic (exact) mass is 283 g/mol. The number of aliphatic hydroxyl groups excluding tert-OH is 1. The summed E-state index contributed by atoms with van der Waals surface area (Å²) in [5, 5.41) is 11.8. The van der Waals surface area contributed by atoms with Crippen molar-refractivity contribution in [2.75, 3.05) is 13.2 Å². The summed E-state index contributed by atoms with van der Waals surface area (Å²) in [4.78, 5) is 12.3. The summed E-state index contributed by atoms with van der Waals surface area (Å²) >= 11 is 0. The van der Waals surface area contributed by atoms with Crippen molar-refractivity contribution >= 4 is 5.91 Å². The molecule has 0 aromatic heterocycles. The molecule has 2 saturated carbocycles. The first-order valence-corrected chi connectivity index (χ1v) is 7.76. The Labute approximate surface area is 125 Å². The van der Waals surface area contributed by atoms with E-state index in [0.717, 1.165) is 23.9 Å². The van der Waals surface area contributed by atoms with Crippen LogP contribution in [-0.4, -0.2) is 24.2 Å². The lowest BCUT2D eigenvalue weighted by molar-refractivity contribution is 0.0943. The molecular formula is C18H21NO2. The van der Waals surface area contributed by atoms with Gasteiger partial charge in [0.15, 0.2) is 0 Å². The highest BCUT2D eigenvalue weighted by molar-refractivity contribution is 5.94. The van der Waals surface area contributed by atoms with Crippen LogP contribution in [0.5, 0.6) is 0 Å². The summed E-state index contributed by atoms with van der Waals surface area (Å²) in [6.07, 6.45) is 5.35. The van der Waals surface area contributed by atoms with Crippen LogP contribution in [0.1, 0.15) is 41.6 Å². The molecule has 3 rings (SSSR count). The van der Waals surface area contributed by atoms with Gasteiger partial charge in [-0.1, -0.05) is 17.9 Å². The average molecular weight is 283 g/mol. The molecule has 2 aliphatic rings. The summed E-state index contributed by atoms with van der Waals surface area (Å²) in [7, 11) is 0. The number of carbonyl (C=O) groups excluding carboxylic acids is 1. The normalized spacial score (nSPS) is 17.2. The molecule has 0 aliphatic heterocycles. The molecule has 0 heterocycles. The predicted molar refractivity (Wildman–Crippen MR) is 81.7 cm³/mol. The molecule has 2 aliphatic carbocycles. The van der Waals surface area contributed by atoms with E-state index in [2.05, 4.69) is 17.2 Å². The number of rotatable bonds is 5. The predicted octanol–water partition coefficient (Wildman–Crippen LogP) is 2.20. The van der Waals surface area contributed by atoms with Crippen LogP contribution in [0.25, 0.3) is 0 Å². The number of aliphatic hydroxyl groups is 1. The molecule has 1 aromatic rings. The molecule has 21 heavy (non-hydrogen) atoms. The molecule has 3 heteroatoms. The fourth-order valence-corrected chi connectivity index (χ4v) is 2.96. The summed E-state index contributed by atoms with van der Waals surface area (Å²) in [5.41, 5.74) is 1.41. The van der Waals surface area contributed by atoms with E-state index in [1.54, 1.807) is 6.07 Å². The van der Waals surface area contributed by atoms with Gasteiger partial charge in [-0.2, -0.15) is 0 Å². The van der Waals surface area contributed by atoms with Gasteiger partial charge in [0.25, 0.3) is 5.91 Å². The van der Waals surface area contributed by atoms with Crippen molar-refractivity contribution in [1.82, 2.24) is 5.32 Å². The van der Waals surface area contributed by atoms with Crippen molar-refractivity contribution in [3.05, 3.63) is 35.4 Å². The number of hydrogen-bond donors (Lipinski definition) is 2. The third-order valence-corrected chi connectivity index (χ3v) is 4.39. The molecule has 0 spiro atoms. The van der Waals surface area contributed by atoms with E-state index in [-0.39, 0.29) is 12.5 Å². The van der Waals surface area contributed by atoms with Gasteiger partial charge < -0.3 is 10.4 Å². The Kier molecular flexibility index (Phi) is 4.26. The zero-order valence-electron chi connectivity index (χ0n) is 12.1. The third-order valence-electron chi connectivity index (χ3n) is 4.39. The lowest BCUT2D eigenvalue weighted by Gasteiger charge is -2.16. The number of hydrogen-bond acceptors (Lipinski definition) is 2. The fraction of sp³-hybridized carbons (Fsp3) is 0.500. The molecule has 0 bridgehead atoms. The summed E-state index contributed by atoms with van der Waals surface area (Å²) in [5.74, 6) is 7.79. The van der Waals surface area contributed by atoms with E-state index < -0.39 is 0 Å². The molecule has 0 atom stereocenters. The summed E-state index contributed by atoms with van der Waals surface area (Å²) < 4.78 is 0. The van der Waals surface area contributed by atoms with Crippen molar-refractivity contribution in [3.8, 4) is 11.8 Å². The first-order chi connectivity index (χ1) is 10.3. The van der Waals surface area contributed by atoms with Gasteiger partial charge in [0.05, 0.1) is 0 Å². The van der Waals surface area contributed by atoms with Crippen LogP contribution in [0, 0.1) is 29.6 Å². The lowest BCUT2D eigenvalue weighted by Crippen LogP contribution is -2.31. The molecular weight excluding hydrogens is 262 g/mol. The molecule has 3 nitrogen and oxygen atoms in total. The van der Waals surface area contributed by atoms with Crippen LogP contribution in [0.15, 0.2) is 24.3 Å². The first-order valence-electron chi connectivity index (χ1n) is 7.76. The third kappa shape index (κ3) is 3.86. The van der Waals surface area contributed by atoms with Gasteiger partial charge in [-0.15, -0.1) is 0 Å². The van der Waals surface area contributed by atoms with Crippen LogP contribution in [-0.2, 0) is 0 Å². The Morgan fingerprint density at radius 3 is 2.62 bits per heavy atom. The van der Waals surface area contributed by atoms with E-state index in [0.29, 0.717) is 11.5 Å². The van der Waals surface area contributed by atoms with Crippen LogP contribution in [0.3, 0.4) is 0 Å². The molecule has 110 valence electrons. The Hall–Kier alpha value is -1.79. The second kappa shape index (κ2) is 6.32. The smallest absolute Gasteiger partial charge is 0.251 e. The zero-order chi connectivity index (χ0) is 14.7. The molecule has 0 radical (unpaired) electrons. The zero-order valence-corrected chi connectivity index (χ0v) is 12.1. The van der Waals surface area contributed by atoms with E-state index in [1.165, 1.54) is 25.7 Å². The SMILES string of the molecule is O=C(NCC(C1CC1)C1CC1)c1cccc(C#CCO)c1. The van der Waals surface area contributed by atoms with Crippen LogP contribution >= 0.6 is 0 Å². The highest BCUT2D eigenvalue weighted by Gasteiger charge is 2.41. The second-order valence-electron chi connectivity index (χ2n) is 6.09. The maximum atomic E-state index is 12.3. The molecule has 2 fully saturated rings. The molecule has 2 N–H and O–H groups in total. The van der Waals surface area contributed by atoms with E-state index in [9.17, 15) is 4.79 Å². The maximum absolute atomic E-state index is 12.3. The minimum absolute atomic E-state index is 0.0195. The largest absolute Gasteiger partial charge is 0.384 e. The standard InChI is InChI=1S/C18H21NO2/c20-10-2-4-13-3-1-5-16(11-13)18(21)19-12-17(14-6-7-14)15-8-9-15/h1,3,5,11,14-15,17,20H,6-10,12H2,(H,19,21). The Morgan fingerprint density at radius 1 is 1.29 bits per heavy atom. The van der Waals surface area contributed by atoms with Gasteiger partial charge in [0.2, 0.25) is 0 Å². The molecule has 0 unspecified atom stereocenters. The highest BCUT2D eigenvalue weighted by atomic mass is 16.2. The lowest BCUT2D eigenvalue weighted by atomic mass is 9.98. The van der Waals surface area contributed by atoms with E-state index >= 15 is 0 Å². The minimum Gasteiger partial charge on any atom is -0.384 e. The summed E-state index contributed by atoms with van der Waals surface area (Å²) in [6, 6.07) is 7.26. The van der Waals surface area contributed by atoms with E-state index in [4.69, 9.17) is 5.11 Å². The summed E-state index contributed by atoms with van der Waals surface area (Å²) in [6.45, 7) is 0.640. The van der Waals surface area contributed by atoms with Crippen molar-refractivity contribution in [2.24, 2.45) is 17.8 Å². The minimum atomic E-state index is -0.166. The fourth-order valence-electron chi connectivity index (χ4n) is 2.96. The van der Waals surface area contributed by atoms with Gasteiger partial charge in [-0.3, -0.25) is 4.79 Å². The topological polar surface area (TPSA) is 49.3 Å². The number of benzene rings is 1. The van der Waals surface area contributed by atoms with Crippen LogP contribution in [0.4, 0.5) is 0 Å². The van der Waals surface area contributed by atoms with E-state index in [1.807, 2.05) is 18.2 Å². The molecule has 0 saturated heterocycles. The van der Waals surface area contributed by atoms with Gasteiger partial charge in [0.1, 0.15) is 6.61 Å². The highest BCUT2D eigenvalue weighted by Crippen LogP contribution is 2.48. The Morgan fingerprint density at radius 2 is 2.00 bits per heavy atom. The molecule has 1 aromatic carbocycles. The van der Waals surface area contributed by atoms with Gasteiger partial charge in [-0.25, -0.2) is 0 Å². The number of carbonyl (C=O) groups is 1. The van der Waals surface area contributed by atoms with Crippen molar-refractivity contribution < 1.29 is 9.90 Å². The quantitative estimate of drug-likeness (QED) is 0.814. The Bertz CT molecular complexity index is 564. The van der Waals surface area contributed by atoms with Crippen molar-refractivity contribution in [1.29, 1.82) is 0 Å². The first kappa shape index (κ1) is 14.2. The van der Waals surface area contributed by atoms with Gasteiger partial charge in [-0.05, 0) is 61.6 Å². The van der Waals surface area contributed by atoms with Gasteiger partial charge >= 0.3 is 0 Å². The van der Waals surface area contributed by atoms with Crippen molar-refractivity contribution in [2.45, 2.75) is 25.7 Å².